The fourth-order valence-corrected chi connectivity index (χ4v) is 3.99. The van der Waals surface area contributed by atoms with Crippen LogP contribution in [0, 0.1) is 5.92 Å². The zero-order valence-electron chi connectivity index (χ0n) is 18.5. The third-order valence-corrected chi connectivity index (χ3v) is 5.85. The van der Waals surface area contributed by atoms with Gasteiger partial charge in [-0.3, -0.25) is 19.7 Å². The van der Waals surface area contributed by atoms with Crippen LogP contribution in [0.3, 0.4) is 0 Å². The first-order valence-electron chi connectivity index (χ1n) is 11.2. The molecule has 3 amide bonds. The summed E-state index contributed by atoms with van der Waals surface area (Å²) in [5.74, 6) is -0.435. The van der Waals surface area contributed by atoms with Crippen molar-refractivity contribution in [3.05, 3.63) is 59.7 Å². The number of benzene rings is 2. The molecule has 1 atom stereocenters. The Bertz CT molecular complexity index is 921. The van der Waals surface area contributed by atoms with E-state index in [9.17, 15) is 14.4 Å². The van der Waals surface area contributed by atoms with Gasteiger partial charge in [0.05, 0.1) is 5.92 Å². The van der Waals surface area contributed by atoms with Crippen molar-refractivity contribution in [3.8, 4) is 11.1 Å². The molecular weight excluding hydrogens is 388 g/mol. The van der Waals surface area contributed by atoms with Gasteiger partial charge in [0.2, 0.25) is 17.7 Å². The van der Waals surface area contributed by atoms with Crippen LogP contribution in [0.2, 0.25) is 0 Å². The number of rotatable bonds is 10. The molecule has 1 aliphatic heterocycles. The standard InChI is InChI=1S/C26H32N2O3/c1-3-4-5-6-10-25(30)28(2)18-20-8-7-9-22(16-20)21-13-11-19(12-14-21)15-23-17-24(29)27-26(23)31/h7-9,11-14,16,23H,3-6,10,15,17-18H2,1-2H3,(H,27,29,31). The van der Waals surface area contributed by atoms with E-state index in [4.69, 9.17) is 0 Å². The molecule has 0 bridgehead atoms. The monoisotopic (exact) mass is 420 g/mol. The second-order valence-electron chi connectivity index (χ2n) is 8.48. The number of nitrogens with one attached hydrogen (secondary N) is 1. The van der Waals surface area contributed by atoms with Crippen molar-refractivity contribution in [2.45, 2.75) is 58.4 Å². The predicted octanol–water partition coefficient (Wildman–Crippen LogP) is 4.49. The lowest BCUT2D eigenvalue weighted by atomic mass is 9.95. The SMILES string of the molecule is CCCCCCC(=O)N(C)Cc1cccc(-c2ccc(CC3CC(=O)NC3=O)cc2)c1. The molecule has 5 nitrogen and oxygen atoms in total. The summed E-state index contributed by atoms with van der Waals surface area (Å²) in [7, 11) is 1.87. The van der Waals surface area contributed by atoms with E-state index in [2.05, 4.69) is 30.4 Å². The number of imide groups is 1. The number of nitrogens with zero attached hydrogens (tertiary/aromatic N) is 1. The lowest BCUT2D eigenvalue weighted by molar-refractivity contribution is -0.130. The van der Waals surface area contributed by atoms with E-state index in [0.717, 1.165) is 35.1 Å². The van der Waals surface area contributed by atoms with Gasteiger partial charge in [0.1, 0.15) is 0 Å². The average Bonchev–Trinajstić information content (AvgIpc) is 3.08. The van der Waals surface area contributed by atoms with Crippen molar-refractivity contribution in [2.75, 3.05) is 7.05 Å². The summed E-state index contributed by atoms with van der Waals surface area (Å²) >= 11 is 0. The van der Waals surface area contributed by atoms with Crippen LogP contribution in [0.4, 0.5) is 0 Å². The van der Waals surface area contributed by atoms with Gasteiger partial charge in [0.25, 0.3) is 0 Å². The van der Waals surface area contributed by atoms with Gasteiger partial charge >= 0.3 is 0 Å². The lowest BCUT2D eigenvalue weighted by Crippen LogP contribution is -2.25. The summed E-state index contributed by atoms with van der Waals surface area (Å²) in [6.07, 6.45) is 5.89. The van der Waals surface area contributed by atoms with E-state index >= 15 is 0 Å². The van der Waals surface area contributed by atoms with Crippen molar-refractivity contribution >= 4 is 17.7 Å². The van der Waals surface area contributed by atoms with Gasteiger partial charge in [-0.15, -0.1) is 0 Å². The minimum Gasteiger partial charge on any atom is -0.341 e. The molecule has 1 unspecified atom stereocenters. The normalized spacial score (nSPS) is 15.7. The zero-order valence-corrected chi connectivity index (χ0v) is 18.5. The van der Waals surface area contributed by atoms with Gasteiger partial charge in [-0.05, 0) is 41.2 Å². The Kier molecular flexibility index (Phi) is 7.99. The predicted molar refractivity (Wildman–Crippen MR) is 122 cm³/mol. The van der Waals surface area contributed by atoms with Crippen LogP contribution >= 0.6 is 0 Å². The summed E-state index contributed by atoms with van der Waals surface area (Å²) in [5.41, 5.74) is 4.34. The molecule has 0 aromatic heterocycles. The molecule has 1 saturated heterocycles. The number of unbranched alkanes of at least 4 members (excludes halogenated alkanes) is 3. The van der Waals surface area contributed by atoms with Crippen LogP contribution in [0.1, 0.15) is 56.6 Å². The average molecular weight is 421 g/mol. The highest BCUT2D eigenvalue weighted by molar-refractivity contribution is 6.03. The van der Waals surface area contributed by atoms with E-state index in [0.29, 0.717) is 19.4 Å². The molecular formula is C26H32N2O3. The van der Waals surface area contributed by atoms with Gasteiger partial charge in [-0.1, -0.05) is 68.7 Å². The lowest BCUT2D eigenvalue weighted by Gasteiger charge is -2.18. The largest absolute Gasteiger partial charge is 0.341 e. The van der Waals surface area contributed by atoms with Crippen LogP contribution in [-0.4, -0.2) is 29.7 Å². The highest BCUT2D eigenvalue weighted by Crippen LogP contribution is 2.24. The van der Waals surface area contributed by atoms with Crippen LogP contribution in [-0.2, 0) is 27.3 Å². The Morgan fingerprint density at radius 1 is 1.00 bits per heavy atom. The van der Waals surface area contributed by atoms with Gasteiger partial charge in [-0.25, -0.2) is 0 Å². The van der Waals surface area contributed by atoms with E-state index < -0.39 is 0 Å². The molecule has 164 valence electrons. The Morgan fingerprint density at radius 3 is 2.45 bits per heavy atom. The first kappa shape index (κ1) is 22.7. The van der Waals surface area contributed by atoms with Crippen LogP contribution in [0.25, 0.3) is 11.1 Å². The Labute approximate surface area is 184 Å². The van der Waals surface area contributed by atoms with Crippen LogP contribution in [0.15, 0.2) is 48.5 Å². The van der Waals surface area contributed by atoms with Crippen LogP contribution < -0.4 is 5.32 Å². The molecule has 0 aliphatic carbocycles. The quantitative estimate of drug-likeness (QED) is 0.455. The minimum absolute atomic E-state index is 0.175. The number of hydrogen-bond acceptors (Lipinski definition) is 3. The molecule has 1 aliphatic rings. The number of amides is 3. The summed E-state index contributed by atoms with van der Waals surface area (Å²) in [6.45, 7) is 2.77. The zero-order chi connectivity index (χ0) is 22.2. The highest BCUT2D eigenvalue weighted by Gasteiger charge is 2.30. The third kappa shape index (κ3) is 6.51. The Hall–Kier alpha value is -2.95. The molecule has 2 aromatic carbocycles. The second-order valence-corrected chi connectivity index (χ2v) is 8.48. The summed E-state index contributed by atoms with van der Waals surface area (Å²) in [4.78, 5) is 37.3. The van der Waals surface area contributed by atoms with Crippen LogP contribution in [0.5, 0.6) is 0 Å². The maximum atomic E-state index is 12.4. The molecule has 1 fully saturated rings. The molecule has 1 heterocycles. The molecule has 3 rings (SSSR count). The van der Waals surface area contributed by atoms with Gasteiger partial charge < -0.3 is 4.90 Å². The second kappa shape index (κ2) is 10.9. The molecule has 0 radical (unpaired) electrons. The fourth-order valence-electron chi connectivity index (χ4n) is 3.99. The summed E-state index contributed by atoms with van der Waals surface area (Å²) in [6, 6.07) is 16.4. The summed E-state index contributed by atoms with van der Waals surface area (Å²) in [5, 5.41) is 2.36. The molecule has 0 spiro atoms. The molecule has 31 heavy (non-hydrogen) atoms. The fraction of sp³-hybridized carbons (Fsp3) is 0.423. The molecule has 5 heteroatoms. The molecule has 0 saturated carbocycles. The number of carbonyl (C=O) groups is 3. The van der Waals surface area contributed by atoms with Crippen molar-refractivity contribution in [2.24, 2.45) is 5.92 Å². The Morgan fingerprint density at radius 2 is 1.77 bits per heavy atom. The number of hydrogen-bond donors (Lipinski definition) is 1. The van der Waals surface area contributed by atoms with E-state index in [1.54, 1.807) is 0 Å². The highest BCUT2D eigenvalue weighted by atomic mass is 16.2. The van der Waals surface area contributed by atoms with E-state index in [-0.39, 0.29) is 30.1 Å². The third-order valence-electron chi connectivity index (χ3n) is 5.85. The molecule has 2 aromatic rings. The topological polar surface area (TPSA) is 66.5 Å². The van der Waals surface area contributed by atoms with E-state index in [1.165, 1.54) is 12.8 Å². The maximum Gasteiger partial charge on any atom is 0.230 e. The number of carbonyl (C=O) groups excluding carboxylic acids is 3. The summed E-state index contributed by atoms with van der Waals surface area (Å²) < 4.78 is 0. The first-order valence-corrected chi connectivity index (χ1v) is 11.2. The first-order chi connectivity index (χ1) is 15.0. The van der Waals surface area contributed by atoms with Crippen molar-refractivity contribution in [1.29, 1.82) is 0 Å². The van der Waals surface area contributed by atoms with Gasteiger partial charge in [0, 0.05) is 26.4 Å². The maximum absolute atomic E-state index is 12.4. The smallest absolute Gasteiger partial charge is 0.230 e. The van der Waals surface area contributed by atoms with E-state index in [1.807, 2.05) is 42.3 Å². The van der Waals surface area contributed by atoms with Crippen molar-refractivity contribution in [1.82, 2.24) is 10.2 Å². The minimum atomic E-state index is -0.267. The van der Waals surface area contributed by atoms with Crippen molar-refractivity contribution in [3.63, 3.8) is 0 Å². The van der Waals surface area contributed by atoms with Gasteiger partial charge in [-0.2, -0.15) is 0 Å². The van der Waals surface area contributed by atoms with Gasteiger partial charge in [0.15, 0.2) is 0 Å². The van der Waals surface area contributed by atoms with Crippen molar-refractivity contribution < 1.29 is 14.4 Å². The molecule has 1 N–H and O–H groups in total. The Balaban J connectivity index is 1.58.